The molecule has 0 spiro atoms. The molecule has 0 fully saturated rings. The minimum absolute atomic E-state index is 0.00817. The van der Waals surface area contributed by atoms with Crippen molar-refractivity contribution in [2.24, 2.45) is 7.05 Å². The number of carbonyl (C=O) groups is 1. The van der Waals surface area contributed by atoms with Crippen LogP contribution in [0.5, 0.6) is 5.75 Å². The minimum atomic E-state index is -0.174. The molecule has 1 amide bonds. The summed E-state index contributed by atoms with van der Waals surface area (Å²) in [4.78, 5) is 24.1. The van der Waals surface area contributed by atoms with Crippen LogP contribution in [0.3, 0.4) is 0 Å². The van der Waals surface area contributed by atoms with Crippen molar-refractivity contribution in [2.45, 2.75) is 38.8 Å². The number of carbonyl (C=O) groups excluding carboxylic acids is 1. The number of aryl methyl sites for hydroxylation is 3. The maximum atomic E-state index is 12.2. The number of halogens is 1. The first-order chi connectivity index (χ1) is 11.9. The van der Waals surface area contributed by atoms with E-state index in [0.717, 1.165) is 17.8 Å². The van der Waals surface area contributed by atoms with Crippen molar-refractivity contribution in [3.05, 3.63) is 45.1 Å². The lowest BCUT2D eigenvalue weighted by Gasteiger charge is -2.16. The van der Waals surface area contributed by atoms with Gasteiger partial charge in [-0.15, -0.1) is 0 Å². The zero-order chi connectivity index (χ0) is 18.0. The van der Waals surface area contributed by atoms with E-state index < -0.39 is 0 Å². The van der Waals surface area contributed by atoms with Crippen molar-refractivity contribution < 1.29 is 9.53 Å². The van der Waals surface area contributed by atoms with Crippen LogP contribution in [0.1, 0.15) is 24.2 Å². The molecule has 0 bridgehead atoms. The minimum Gasteiger partial charge on any atom is -0.484 e. The van der Waals surface area contributed by atoms with Crippen molar-refractivity contribution in [2.75, 3.05) is 6.61 Å². The zero-order valence-electron chi connectivity index (χ0n) is 14.3. The molecule has 134 valence electrons. The van der Waals surface area contributed by atoms with E-state index in [1.807, 2.05) is 6.92 Å². The number of aromatic nitrogens is 3. The second kappa shape index (κ2) is 7.31. The molecule has 0 saturated heterocycles. The molecule has 1 N–H and O–H groups in total. The second-order valence-electron chi connectivity index (χ2n) is 6.26. The maximum absolute atomic E-state index is 12.2. The van der Waals surface area contributed by atoms with Crippen LogP contribution in [-0.2, 0) is 24.8 Å². The summed E-state index contributed by atoms with van der Waals surface area (Å²) in [6.45, 7) is 2.39. The number of rotatable bonds is 4. The molecule has 2 aromatic rings. The molecule has 1 aliphatic rings. The highest BCUT2D eigenvalue weighted by atomic mass is 35.5. The van der Waals surface area contributed by atoms with Gasteiger partial charge < -0.3 is 10.1 Å². The van der Waals surface area contributed by atoms with Crippen LogP contribution < -0.4 is 15.7 Å². The molecule has 1 aromatic carbocycles. The Balaban J connectivity index is 1.53. The van der Waals surface area contributed by atoms with Crippen LogP contribution in [-0.4, -0.2) is 32.9 Å². The summed E-state index contributed by atoms with van der Waals surface area (Å²) < 4.78 is 8.60. The third kappa shape index (κ3) is 4.04. The maximum Gasteiger partial charge on any atom is 0.345 e. The predicted molar refractivity (Wildman–Crippen MR) is 94.0 cm³/mol. The fourth-order valence-electron chi connectivity index (χ4n) is 3.03. The van der Waals surface area contributed by atoms with Crippen molar-refractivity contribution in [3.63, 3.8) is 0 Å². The van der Waals surface area contributed by atoms with Crippen LogP contribution in [0.2, 0.25) is 5.02 Å². The molecule has 3 rings (SSSR count). The van der Waals surface area contributed by atoms with E-state index in [1.54, 1.807) is 29.8 Å². The van der Waals surface area contributed by atoms with Gasteiger partial charge >= 0.3 is 5.69 Å². The van der Waals surface area contributed by atoms with Crippen LogP contribution in [0, 0.1) is 6.92 Å². The third-order valence-corrected chi connectivity index (χ3v) is 4.60. The highest BCUT2D eigenvalue weighted by Crippen LogP contribution is 2.21. The van der Waals surface area contributed by atoms with Gasteiger partial charge in [-0.25, -0.2) is 9.48 Å². The normalized spacial score (nSPS) is 16.8. The van der Waals surface area contributed by atoms with Crippen LogP contribution in [0.25, 0.3) is 0 Å². The molecule has 1 aromatic heterocycles. The Morgan fingerprint density at radius 1 is 1.44 bits per heavy atom. The quantitative estimate of drug-likeness (QED) is 0.890. The standard InChI is InChI=1S/C17H21ClN4O3/c1-11-9-12(18)3-5-14(11)25-10-16(23)19-13-4-6-15-20-21(2)17(24)22(15)8-7-13/h3,5,9,13H,4,6-8,10H2,1-2H3,(H,19,23). The molecule has 0 radical (unpaired) electrons. The lowest BCUT2D eigenvalue weighted by Crippen LogP contribution is -2.38. The van der Waals surface area contributed by atoms with E-state index in [0.29, 0.717) is 30.2 Å². The van der Waals surface area contributed by atoms with Crippen molar-refractivity contribution in [1.82, 2.24) is 19.7 Å². The van der Waals surface area contributed by atoms with Gasteiger partial charge in [-0.3, -0.25) is 9.36 Å². The van der Waals surface area contributed by atoms with Crippen LogP contribution in [0.4, 0.5) is 0 Å². The van der Waals surface area contributed by atoms with E-state index in [9.17, 15) is 9.59 Å². The summed E-state index contributed by atoms with van der Waals surface area (Å²) in [5.41, 5.74) is 0.777. The van der Waals surface area contributed by atoms with Gasteiger partial charge in [-0.1, -0.05) is 11.6 Å². The number of amides is 1. The highest BCUT2D eigenvalue weighted by molar-refractivity contribution is 6.30. The van der Waals surface area contributed by atoms with Gasteiger partial charge in [0.1, 0.15) is 11.6 Å². The molecular weight excluding hydrogens is 344 g/mol. The summed E-state index contributed by atoms with van der Waals surface area (Å²) in [6, 6.07) is 5.29. The number of nitrogens with zero attached hydrogens (tertiary/aromatic N) is 3. The summed E-state index contributed by atoms with van der Waals surface area (Å²) in [6.07, 6.45) is 2.12. The average Bonchev–Trinajstić information content (AvgIpc) is 2.71. The van der Waals surface area contributed by atoms with Gasteiger partial charge in [0.2, 0.25) is 0 Å². The number of hydrogen-bond acceptors (Lipinski definition) is 4. The number of ether oxygens (including phenoxy) is 1. The molecule has 0 aliphatic carbocycles. The molecule has 7 nitrogen and oxygen atoms in total. The van der Waals surface area contributed by atoms with Gasteiger partial charge in [0.15, 0.2) is 6.61 Å². The second-order valence-corrected chi connectivity index (χ2v) is 6.70. The van der Waals surface area contributed by atoms with E-state index in [1.165, 1.54) is 4.68 Å². The first kappa shape index (κ1) is 17.5. The summed E-state index contributed by atoms with van der Waals surface area (Å²) >= 11 is 5.91. The topological polar surface area (TPSA) is 78.2 Å². The SMILES string of the molecule is Cc1cc(Cl)ccc1OCC(=O)NC1CCc2nn(C)c(=O)n2CC1. The Morgan fingerprint density at radius 2 is 2.24 bits per heavy atom. The molecular formula is C17H21ClN4O3. The van der Waals surface area contributed by atoms with Crippen molar-refractivity contribution in [1.29, 1.82) is 0 Å². The lowest BCUT2D eigenvalue weighted by atomic mass is 10.1. The smallest absolute Gasteiger partial charge is 0.345 e. The van der Waals surface area contributed by atoms with Crippen molar-refractivity contribution in [3.8, 4) is 5.75 Å². The predicted octanol–water partition coefficient (Wildman–Crippen LogP) is 1.44. The van der Waals surface area contributed by atoms with Gasteiger partial charge in [-0.2, -0.15) is 5.10 Å². The highest BCUT2D eigenvalue weighted by Gasteiger charge is 2.21. The fraction of sp³-hybridized carbons (Fsp3) is 0.471. The number of nitrogens with one attached hydrogen (secondary N) is 1. The van der Waals surface area contributed by atoms with Crippen LogP contribution in [0.15, 0.2) is 23.0 Å². The third-order valence-electron chi connectivity index (χ3n) is 4.36. The first-order valence-electron chi connectivity index (χ1n) is 8.25. The molecule has 1 aliphatic heterocycles. The van der Waals surface area contributed by atoms with E-state index >= 15 is 0 Å². The Hall–Kier alpha value is -2.28. The number of hydrogen-bond donors (Lipinski definition) is 1. The number of fused-ring (bicyclic) bond motifs is 1. The molecule has 2 heterocycles. The molecule has 1 unspecified atom stereocenters. The van der Waals surface area contributed by atoms with Gasteiger partial charge in [-0.05, 0) is 43.5 Å². The summed E-state index contributed by atoms with van der Waals surface area (Å²) in [5, 5.41) is 7.85. The van der Waals surface area contributed by atoms with Gasteiger partial charge in [0, 0.05) is 31.1 Å². The fourth-order valence-corrected chi connectivity index (χ4v) is 3.26. The Bertz CT molecular complexity index is 843. The Morgan fingerprint density at radius 3 is 3.00 bits per heavy atom. The average molecular weight is 365 g/mol. The van der Waals surface area contributed by atoms with E-state index in [2.05, 4.69) is 10.4 Å². The summed E-state index contributed by atoms with van der Waals surface area (Å²) in [5.74, 6) is 1.24. The monoisotopic (exact) mass is 364 g/mol. The van der Waals surface area contributed by atoms with E-state index in [-0.39, 0.29) is 24.2 Å². The number of benzene rings is 1. The molecule has 1 atom stereocenters. The molecule has 25 heavy (non-hydrogen) atoms. The van der Waals surface area contributed by atoms with Crippen molar-refractivity contribution >= 4 is 17.5 Å². The molecule has 0 saturated carbocycles. The van der Waals surface area contributed by atoms with E-state index in [4.69, 9.17) is 16.3 Å². The molecule has 8 heteroatoms. The Kier molecular flexibility index (Phi) is 5.13. The lowest BCUT2D eigenvalue weighted by molar-refractivity contribution is -0.123. The van der Waals surface area contributed by atoms with Gasteiger partial charge in [0.05, 0.1) is 0 Å². The first-order valence-corrected chi connectivity index (χ1v) is 8.63. The van der Waals surface area contributed by atoms with Crippen LogP contribution >= 0.6 is 11.6 Å². The van der Waals surface area contributed by atoms with Gasteiger partial charge in [0.25, 0.3) is 5.91 Å². The zero-order valence-corrected chi connectivity index (χ0v) is 15.0. The Labute approximate surface area is 150 Å². The largest absolute Gasteiger partial charge is 0.484 e. The summed E-state index contributed by atoms with van der Waals surface area (Å²) in [7, 11) is 1.65.